The summed E-state index contributed by atoms with van der Waals surface area (Å²) in [7, 11) is 1.70. The van der Waals surface area contributed by atoms with E-state index in [1.165, 1.54) is 0 Å². The first-order valence-electron chi connectivity index (χ1n) is 4.81. The summed E-state index contributed by atoms with van der Waals surface area (Å²) in [6, 6.07) is 9.81. The van der Waals surface area contributed by atoms with Crippen molar-refractivity contribution in [3.05, 3.63) is 30.3 Å². The smallest absolute Gasteiger partial charge is 0.119 e. The fraction of sp³-hybridized carbons (Fsp3) is 0.455. The molecule has 1 aromatic carbocycles. The quantitative estimate of drug-likeness (QED) is 0.503. The average molecular weight is 266 g/mol. The van der Waals surface area contributed by atoms with E-state index in [4.69, 9.17) is 9.47 Å². The zero-order chi connectivity index (χ0) is 10.1. The second kappa shape index (κ2) is 12.6. The molecule has 0 aliphatic heterocycles. The van der Waals surface area contributed by atoms with Crippen LogP contribution in [0.3, 0.4) is 0 Å². The first-order chi connectivity index (χ1) is 6.93. The molecule has 0 radical (unpaired) electrons. The minimum absolute atomic E-state index is 0. The van der Waals surface area contributed by atoms with Crippen LogP contribution in [-0.4, -0.2) is 33.4 Å². The average Bonchev–Trinajstić information content (AvgIpc) is 2.25. The molecule has 0 amide bonds. The van der Waals surface area contributed by atoms with Gasteiger partial charge >= 0.3 is 0 Å². The van der Waals surface area contributed by atoms with E-state index < -0.39 is 0 Å². The number of benzene rings is 1. The molecule has 5 heteroatoms. The molecule has 1 N–H and O–H groups in total. The van der Waals surface area contributed by atoms with Crippen molar-refractivity contribution < 1.29 is 34.3 Å². The SMILES string of the molecule is COCCNCCOc1ccccc1.[Cl-].[Cl-]. The van der Waals surface area contributed by atoms with Gasteiger partial charge in [0.25, 0.3) is 0 Å². The molecule has 16 heavy (non-hydrogen) atoms. The Morgan fingerprint density at radius 1 is 1.00 bits per heavy atom. The molecular formula is C11H17Cl2NO2-2. The monoisotopic (exact) mass is 265 g/mol. The van der Waals surface area contributed by atoms with Crippen LogP contribution < -0.4 is 34.9 Å². The van der Waals surface area contributed by atoms with Gasteiger partial charge in [-0.15, -0.1) is 0 Å². The van der Waals surface area contributed by atoms with Gasteiger partial charge in [-0.2, -0.15) is 0 Å². The second-order valence-electron chi connectivity index (χ2n) is 2.90. The Kier molecular flexibility index (Phi) is 14.1. The second-order valence-corrected chi connectivity index (χ2v) is 2.90. The molecule has 94 valence electrons. The van der Waals surface area contributed by atoms with Crippen molar-refractivity contribution in [3.8, 4) is 5.75 Å². The van der Waals surface area contributed by atoms with Crippen molar-refractivity contribution >= 4 is 0 Å². The normalized spacial score (nSPS) is 8.81. The van der Waals surface area contributed by atoms with E-state index in [1.54, 1.807) is 7.11 Å². The summed E-state index contributed by atoms with van der Waals surface area (Å²) in [5, 5.41) is 3.21. The molecular weight excluding hydrogens is 249 g/mol. The zero-order valence-electron chi connectivity index (χ0n) is 9.29. The number of rotatable bonds is 7. The Labute approximate surface area is 109 Å². The van der Waals surface area contributed by atoms with Crippen LogP contribution in [0.5, 0.6) is 5.75 Å². The molecule has 1 aromatic rings. The van der Waals surface area contributed by atoms with Crippen LogP contribution in [0.2, 0.25) is 0 Å². The summed E-state index contributed by atoms with van der Waals surface area (Å²) in [4.78, 5) is 0. The lowest BCUT2D eigenvalue weighted by atomic mass is 10.3. The summed E-state index contributed by atoms with van der Waals surface area (Å²) in [6.07, 6.45) is 0. The Morgan fingerprint density at radius 2 is 1.62 bits per heavy atom. The standard InChI is InChI=1S/C11H17NO2.2ClH/c1-13-9-7-12-8-10-14-11-5-3-2-4-6-11;;/h2-6,12H,7-10H2,1H3;2*1H/p-2. The Bertz CT molecular complexity index is 235. The van der Waals surface area contributed by atoms with E-state index in [0.29, 0.717) is 6.61 Å². The third-order valence-corrected chi connectivity index (χ3v) is 1.77. The van der Waals surface area contributed by atoms with Gasteiger partial charge in [0.2, 0.25) is 0 Å². The molecule has 0 atom stereocenters. The largest absolute Gasteiger partial charge is 1.00 e. The van der Waals surface area contributed by atoms with E-state index in [2.05, 4.69) is 5.32 Å². The third kappa shape index (κ3) is 8.80. The molecule has 3 nitrogen and oxygen atoms in total. The topological polar surface area (TPSA) is 30.5 Å². The van der Waals surface area contributed by atoms with Crippen LogP contribution in [0, 0.1) is 0 Å². The molecule has 1 rings (SSSR count). The van der Waals surface area contributed by atoms with Gasteiger partial charge < -0.3 is 39.6 Å². The number of para-hydroxylation sites is 1. The minimum Gasteiger partial charge on any atom is -1.00 e. The summed E-state index contributed by atoms with van der Waals surface area (Å²) in [5.41, 5.74) is 0. The number of halogens is 2. The van der Waals surface area contributed by atoms with Crippen LogP contribution in [0.1, 0.15) is 0 Å². The highest BCUT2D eigenvalue weighted by molar-refractivity contribution is 5.20. The Hall–Kier alpha value is -0.480. The first kappa shape index (κ1) is 17.9. The number of ether oxygens (including phenoxy) is 2. The van der Waals surface area contributed by atoms with E-state index in [9.17, 15) is 0 Å². The zero-order valence-corrected chi connectivity index (χ0v) is 10.8. The molecule has 0 aromatic heterocycles. The van der Waals surface area contributed by atoms with Gasteiger partial charge in [0.1, 0.15) is 12.4 Å². The van der Waals surface area contributed by atoms with E-state index in [0.717, 1.165) is 25.4 Å². The number of hydrogen-bond donors (Lipinski definition) is 1. The lowest BCUT2D eigenvalue weighted by molar-refractivity contribution is -0.001000. The minimum atomic E-state index is 0. The summed E-state index contributed by atoms with van der Waals surface area (Å²) >= 11 is 0. The molecule has 0 spiro atoms. The van der Waals surface area contributed by atoms with Crippen molar-refractivity contribution in [3.63, 3.8) is 0 Å². The highest BCUT2D eigenvalue weighted by atomic mass is 35.5. The molecule has 0 saturated heterocycles. The number of hydrogen-bond acceptors (Lipinski definition) is 3. The maximum Gasteiger partial charge on any atom is 0.119 e. The fourth-order valence-electron chi connectivity index (χ4n) is 1.06. The number of methoxy groups -OCH3 is 1. The van der Waals surface area contributed by atoms with Crippen LogP contribution in [0.4, 0.5) is 0 Å². The fourth-order valence-corrected chi connectivity index (χ4v) is 1.06. The molecule has 0 heterocycles. The van der Waals surface area contributed by atoms with Crippen LogP contribution in [-0.2, 0) is 4.74 Å². The maximum absolute atomic E-state index is 5.48. The Balaban J connectivity index is 0. The van der Waals surface area contributed by atoms with E-state index in [1.807, 2.05) is 30.3 Å². The number of nitrogens with one attached hydrogen (secondary N) is 1. The van der Waals surface area contributed by atoms with Gasteiger partial charge in [-0.25, -0.2) is 0 Å². The van der Waals surface area contributed by atoms with Crippen molar-refractivity contribution in [2.75, 3.05) is 33.4 Å². The summed E-state index contributed by atoms with van der Waals surface area (Å²) < 4.78 is 10.4. The van der Waals surface area contributed by atoms with Crippen LogP contribution in [0.15, 0.2) is 30.3 Å². The molecule has 0 bridgehead atoms. The van der Waals surface area contributed by atoms with Crippen molar-refractivity contribution in [1.82, 2.24) is 5.32 Å². The molecule has 0 fully saturated rings. The van der Waals surface area contributed by atoms with Crippen molar-refractivity contribution in [2.45, 2.75) is 0 Å². The Morgan fingerprint density at radius 3 is 2.25 bits per heavy atom. The summed E-state index contributed by atoms with van der Waals surface area (Å²) in [6.45, 7) is 3.14. The molecule has 0 unspecified atom stereocenters. The van der Waals surface area contributed by atoms with Crippen LogP contribution in [0.25, 0.3) is 0 Å². The van der Waals surface area contributed by atoms with Gasteiger partial charge in [0.15, 0.2) is 0 Å². The third-order valence-electron chi connectivity index (χ3n) is 1.77. The lowest BCUT2D eigenvalue weighted by Crippen LogP contribution is -3.00. The molecule has 0 aliphatic rings. The summed E-state index contributed by atoms with van der Waals surface area (Å²) in [5.74, 6) is 0.918. The maximum atomic E-state index is 5.48. The van der Waals surface area contributed by atoms with E-state index in [-0.39, 0.29) is 24.8 Å². The van der Waals surface area contributed by atoms with Gasteiger partial charge in [-0.3, -0.25) is 0 Å². The van der Waals surface area contributed by atoms with Gasteiger partial charge in [0.05, 0.1) is 6.61 Å². The first-order valence-corrected chi connectivity index (χ1v) is 4.81. The van der Waals surface area contributed by atoms with Gasteiger partial charge in [-0.1, -0.05) is 18.2 Å². The highest BCUT2D eigenvalue weighted by Gasteiger charge is 1.90. The lowest BCUT2D eigenvalue weighted by Gasteiger charge is -2.06. The van der Waals surface area contributed by atoms with Gasteiger partial charge in [-0.05, 0) is 12.1 Å². The predicted octanol–water partition coefficient (Wildman–Crippen LogP) is -4.69. The van der Waals surface area contributed by atoms with Crippen molar-refractivity contribution in [2.24, 2.45) is 0 Å². The van der Waals surface area contributed by atoms with Crippen LogP contribution >= 0.6 is 0 Å². The predicted molar refractivity (Wildman–Crippen MR) is 56.7 cm³/mol. The molecule has 0 aliphatic carbocycles. The van der Waals surface area contributed by atoms with Crippen molar-refractivity contribution in [1.29, 1.82) is 0 Å². The highest BCUT2D eigenvalue weighted by Crippen LogP contribution is 2.07. The van der Waals surface area contributed by atoms with Gasteiger partial charge in [0, 0.05) is 20.2 Å². The van der Waals surface area contributed by atoms with E-state index >= 15 is 0 Å². The molecule has 0 saturated carbocycles.